The van der Waals surface area contributed by atoms with Gasteiger partial charge in [0.2, 0.25) is 0 Å². The Morgan fingerprint density at radius 3 is 1.44 bits per heavy atom. The molecule has 18 heavy (non-hydrogen) atoms. The van der Waals surface area contributed by atoms with Crippen LogP contribution in [-0.4, -0.2) is 0 Å². The first-order valence-corrected chi connectivity index (χ1v) is 7.09. The van der Waals surface area contributed by atoms with E-state index in [1.165, 1.54) is 27.8 Å². The Balaban J connectivity index is 3.60. The monoisotopic (exact) mass is 244 g/mol. The smallest absolute Gasteiger partial charge is 0.0164 e. The molecular weight excluding hydrogens is 216 g/mol. The summed E-state index contributed by atoms with van der Waals surface area (Å²) in [4.78, 5) is 0. The molecule has 0 saturated heterocycles. The minimum Gasteiger partial charge on any atom is -0.0955 e. The van der Waals surface area contributed by atoms with Crippen molar-refractivity contribution in [1.29, 1.82) is 0 Å². The zero-order chi connectivity index (χ0) is 14.0. The maximum Gasteiger partial charge on any atom is -0.0164 e. The van der Waals surface area contributed by atoms with Crippen molar-refractivity contribution in [2.75, 3.05) is 0 Å². The second-order valence-electron chi connectivity index (χ2n) is 6.32. The van der Waals surface area contributed by atoms with E-state index in [2.05, 4.69) is 67.2 Å². The van der Waals surface area contributed by atoms with Gasteiger partial charge in [-0.2, -0.15) is 0 Å². The number of benzene rings is 1. The molecule has 0 aliphatic heterocycles. The van der Waals surface area contributed by atoms with Crippen LogP contribution in [0.4, 0.5) is 0 Å². The van der Waals surface area contributed by atoms with Gasteiger partial charge < -0.3 is 0 Å². The second kappa shape index (κ2) is 5.73. The van der Waals surface area contributed by atoms with E-state index in [0.717, 1.165) is 0 Å². The third-order valence-corrected chi connectivity index (χ3v) is 3.56. The van der Waals surface area contributed by atoms with Crippen LogP contribution in [0, 0.1) is 0 Å². The van der Waals surface area contributed by atoms with Gasteiger partial charge in [-0.3, -0.25) is 0 Å². The van der Waals surface area contributed by atoms with Crippen LogP contribution in [0.5, 0.6) is 0 Å². The number of allylic oxidation sites excluding steroid dienone is 1. The summed E-state index contributed by atoms with van der Waals surface area (Å²) in [6, 6.07) is 4.76. The molecule has 1 rings (SSSR count). The topological polar surface area (TPSA) is 0 Å². The van der Waals surface area contributed by atoms with E-state index in [-0.39, 0.29) is 0 Å². The zero-order valence-corrected chi connectivity index (χ0v) is 13.1. The van der Waals surface area contributed by atoms with E-state index in [4.69, 9.17) is 0 Å². The molecule has 0 nitrogen and oxygen atoms in total. The van der Waals surface area contributed by atoms with Gasteiger partial charge >= 0.3 is 0 Å². The van der Waals surface area contributed by atoms with Gasteiger partial charge in [-0.25, -0.2) is 0 Å². The van der Waals surface area contributed by atoms with E-state index in [0.29, 0.717) is 17.8 Å². The van der Waals surface area contributed by atoms with Crippen LogP contribution in [0.15, 0.2) is 18.7 Å². The molecule has 0 N–H and O–H groups in total. The Hall–Kier alpha value is -1.04. The summed E-state index contributed by atoms with van der Waals surface area (Å²) < 4.78 is 0. The van der Waals surface area contributed by atoms with Gasteiger partial charge in [-0.1, -0.05) is 65.8 Å². The van der Waals surface area contributed by atoms with Crippen LogP contribution in [0.3, 0.4) is 0 Å². The van der Waals surface area contributed by atoms with Crippen LogP contribution < -0.4 is 0 Å². The molecule has 1 aromatic carbocycles. The summed E-state index contributed by atoms with van der Waals surface area (Å²) in [5.74, 6) is 1.68. The van der Waals surface area contributed by atoms with Gasteiger partial charge in [0.25, 0.3) is 0 Å². The average Bonchev–Trinajstić information content (AvgIpc) is 2.26. The van der Waals surface area contributed by atoms with Crippen molar-refractivity contribution >= 4 is 5.57 Å². The summed E-state index contributed by atoms with van der Waals surface area (Å²) >= 11 is 0. The van der Waals surface area contributed by atoms with Crippen molar-refractivity contribution in [3.8, 4) is 0 Å². The first-order valence-electron chi connectivity index (χ1n) is 7.09. The summed E-state index contributed by atoms with van der Waals surface area (Å²) in [6.45, 7) is 19.9. The lowest BCUT2D eigenvalue weighted by Gasteiger charge is -2.23. The summed E-state index contributed by atoms with van der Waals surface area (Å²) in [5, 5.41) is 0. The third-order valence-electron chi connectivity index (χ3n) is 3.56. The van der Waals surface area contributed by atoms with Crippen LogP contribution in [0.25, 0.3) is 5.57 Å². The minimum atomic E-state index is 0.549. The Labute approximate surface area is 113 Å². The van der Waals surface area contributed by atoms with E-state index in [9.17, 15) is 0 Å². The van der Waals surface area contributed by atoms with Crippen LogP contribution >= 0.6 is 0 Å². The minimum absolute atomic E-state index is 0.549. The van der Waals surface area contributed by atoms with Gasteiger partial charge in [0.15, 0.2) is 0 Å². The molecule has 0 radical (unpaired) electrons. The zero-order valence-electron chi connectivity index (χ0n) is 13.1. The molecule has 0 fully saturated rings. The lowest BCUT2D eigenvalue weighted by molar-refractivity contribution is 0.799. The fraction of sp³-hybridized carbons (Fsp3) is 0.556. The first kappa shape index (κ1) is 15.0. The summed E-state index contributed by atoms with van der Waals surface area (Å²) in [6.07, 6.45) is 0. The second-order valence-corrected chi connectivity index (χ2v) is 6.32. The SMILES string of the molecule is C=C(C)c1c(C(C)C)cc(C(C)C)cc1C(C)C. The first-order chi connectivity index (χ1) is 8.25. The molecule has 1 aromatic rings. The van der Waals surface area contributed by atoms with Crippen LogP contribution in [0.2, 0.25) is 0 Å². The highest BCUT2D eigenvalue weighted by Gasteiger charge is 2.17. The standard InChI is InChI=1S/C18H28/c1-11(2)15-9-16(12(3)4)18(14(7)8)17(10-15)13(5)6/h9-13H,7H2,1-6,8H3. The Morgan fingerprint density at radius 1 is 0.833 bits per heavy atom. The van der Waals surface area contributed by atoms with Crippen molar-refractivity contribution in [2.24, 2.45) is 0 Å². The number of rotatable bonds is 4. The number of hydrogen-bond acceptors (Lipinski definition) is 0. The lowest BCUT2D eigenvalue weighted by Crippen LogP contribution is -2.05. The predicted octanol–water partition coefficient (Wildman–Crippen LogP) is 6.09. The van der Waals surface area contributed by atoms with E-state index in [1.54, 1.807) is 0 Å². The average molecular weight is 244 g/mol. The molecule has 100 valence electrons. The highest BCUT2D eigenvalue weighted by Crippen LogP contribution is 2.35. The largest absolute Gasteiger partial charge is 0.0955 e. The lowest BCUT2D eigenvalue weighted by atomic mass is 9.82. The molecule has 0 aliphatic carbocycles. The maximum atomic E-state index is 4.19. The van der Waals surface area contributed by atoms with Gasteiger partial charge in [0.05, 0.1) is 0 Å². The molecule has 0 heteroatoms. The third kappa shape index (κ3) is 3.04. The summed E-state index contributed by atoms with van der Waals surface area (Å²) in [7, 11) is 0. The van der Waals surface area contributed by atoms with E-state index in [1.807, 2.05) is 0 Å². The van der Waals surface area contributed by atoms with Crippen molar-refractivity contribution in [3.05, 3.63) is 41.0 Å². The predicted molar refractivity (Wildman–Crippen MR) is 83.4 cm³/mol. The maximum absolute atomic E-state index is 4.19. The fourth-order valence-electron chi connectivity index (χ4n) is 2.45. The molecule has 0 aliphatic rings. The molecule has 0 atom stereocenters. The highest BCUT2D eigenvalue weighted by molar-refractivity contribution is 5.69. The highest BCUT2D eigenvalue weighted by atomic mass is 14.2. The van der Waals surface area contributed by atoms with Crippen LogP contribution in [0.1, 0.15) is 88.5 Å². The number of hydrogen-bond donors (Lipinski definition) is 0. The van der Waals surface area contributed by atoms with Crippen molar-refractivity contribution in [3.63, 3.8) is 0 Å². The molecular formula is C18H28. The van der Waals surface area contributed by atoms with Crippen LogP contribution in [-0.2, 0) is 0 Å². The Kier molecular flexibility index (Phi) is 4.78. The van der Waals surface area contributed by atoms with Gasteiger partial charge in [0.1, 0.15) is 0 Å². The molecule has 0 amide bonds. The van der Waals surface area contributed by atoms with E-state index >= 15 is 0 Å². The van der Waals surface area contributed by atoms with Gasteiger partial charge in [-0.15, -0.1) is 0 Å². The molecule has 0 bridgehead atoms. The van der Waals surface area contributed by atoms with Crippen molar-refractivity contribution in [1.82, 2.24) is 0 Å². The summed E-state index contributed by atoms with van der Waals surface area (Å²) in [5.41, 5.74) is 6.95. The molecule has 0 aromatic heterocycles. The van der Waals surface area contributed by atoms with E-state index < -0.39 is 0 Å². The normalized spacial score (nSPS) is 11.7. The Bertz CT molecular complexity index is 404. The van der Waals surface area contributed by atoms with Gasteiger partial charge in [0, 0.05) is 0 Å². The van der Waals surface area contributed by atoms with Crippen molar-refractivity contribution in [2.45, 2.75) is 66.2 Å². The molecule has 0 spiro atoms. The van der Waals surface area contributed by atoms with Gasteiger partial charge in [-0.05, 0) is 46.9 Å². The fourth-order valence-corrected chi connectivity index (χ4v) is 2.45. The van der Waals surface area contributed by atoms with Crippen molar-refractivity contribution < 1.29 is 0 Å². The molecule has 0 saturated carbocycles. The quantitative estimate of drug-likeness (QED) is 0.601. The molecule has 0 unspecified atom stereocenters. The molecule has 0 heterocycles. The Morgan fingerprint density at radius 2 is 1.22 bits per heavy atom.